The molecule has 1 aliphatic rings. The summed E-state index contributed by atoms with van der Waals surface area (Å²) in [7, 11) is 0. The summed E-state index contributed by atoms with van der Waals surface area (Å²) < 4.78 is 33.6. The summed E-state index contributed by atoms with van der Waals surface area (Å²) in [5, 5.41) is 20.9. The Bertz CT molecular complexity index is 750. The van der Waals surface area contributed by atoms with Crippen molar-refractivity contribution in [2.45, 2.75) is 38.5 Å². The summed E-state index contributed by atoms with van der Waals surface area (Å²) in [6, 6.07) is 1.65. The molecule has 27 heavy (non-hydrogen) atoms. The number of esters is 1. The number of rotatable bonds is 6. The summed E-state index contributed by atoms with van der Waals surface area (Å²) in [5.41, 5.74) is 1.35. The quantitative estimate of drug-likeness (QED) is 0.249. The lowest BCUT2D eigenvalue weighted by molar-refractivity contribution is -0.172. The lowest BCUT2D eigenvalue weighted by Crippen LogP contribution is -2.29. The highest BCUT2D eigenvalue weighted by Crippen LogP contribution is 2.47. The molecule has 0 spiro atoms. The third kappa shape index (κ3) is 4.62. The minimum atomic E-state index is -3.97. The lowest BCUT2D eigenvalue weighted by Gasteiger charge is -2.31. The Labute approximate surface area is 171 Å². The highest BCUT2D eigenvalue weighted by Gasteiger charge is 2.44. The molecule has 2 rings (SSSR count). The number of alkyl halides is 3. The normalized spacial score (nSPS) is 20.1. The number of halogens is 3. The van der Waals surface area contributed by atoms with Crippen molar-refractivity contribution in [3.63, 3.8) is 0 Å². The number of carbonyl (C=O) groups excluding carboxylic acids is 1. The highest BCUT2D eigenvalue weighted by molar-refractivity contribution is 14.1. The van der Waals surface area contributed by atoms with Crippen LogP contribution in [0.4, 0.5) is 8.78 Å². The SMILES string of the molecule is C=C(C)[C@@H]1CCC(C)=C[C@H]1c1c(O)cc(C(F)(F)C(=O)OCCI)cc1O. The molecule has 148 valence electrons. The van der Waals surface area contributed by atoms with Crippen LogP contribution in [0.25, 0.3) is 0 Å². The molecule has 2 N–H and O–H groups in total. The molecule has 0 saturated heterocycles. The second-order valence-corrected chi connectivity index (χ2v) is 7.94. The minimum absolute atomic E-state index is 0.0227. The third-order valence-electron chi connectivity index (χ3n) is 4.78. The van der Waals surface area contributed by atoms with E-state index in [9.17, 15) is 23.8 Å². The second kappa shape index (κ2) is 8.58. The maximum atomic E-state index is 14.3. The number of allylic oxidation sites excluding steroid dienone is 3. The first-order valence-electron chi connectivity index (χ1n) is 8.59. The van der Waals surface area contributed by atoms with E-state index in [2.05, 4.69) is 11.3 Å². The van der Waals surface area contributed by atoms with Crippen molar-refractivity contribution in [3.8, 4) is 11.5 Å². The molecule has 0 unspecified atom stereocenters. The Morgan fingerprint density at radius 1 is 1.37 bits per heavy atom. The first-order chi connectivity index (χ1) is 12.6. The van der Waals surface area contributed by atoms with Crippen molar-refractivity contribution in [1.29, 1.82) is 0 Å². The zero-order valence-corrected chi connectivity index (χ0v) is 17.4. The fraction of sp³-hybridized carbons (Fsp3) is 0.450. The van der Waals surface area contributed by atoms with Gasteiger partial charge in [-0.1, -0.05) is 46.4 Å². The zero-order valence-electron chi connectivity index (χ0n) is 15.3. The van der Waals surface area contributed by atoms with Gasteiger partial charge in [-0.3, -0.25) is 0 Å². The second-order valence-electron chi connectivity index (χ2n) is 6.86. The summed E-state index contributed by atoms with van der Waals surface area (Å²) >= 11 is 1.90. The Morgan fingerprint density at radius 3 is 2.48 bits per heavy atom. The molecule has 0 heterocycles. The Hall–Kier alpha value is -1.64. The van der Waals surface area contributed by atoms with Gasteiger partial charge in [0.05, 0.1) is 0 Å². The van der Waals surface area contributed by atoms with Crippen molar-refractivity contribution in [1.82, 2.24) is 0 Å². The van der Waals surface area contributed by atoms with Gasteiger partial charge >= 0.3 is 11.9 Å². The summed E-state index contributed by atoms with van der Waals surface area (Å²) in [5.74, 6) is -7.03. The topological polar surface area (TPSA) is 66.8 Å². The molecule has 0 saturated carbocycles. The van der Waals surface area contributed by atoms with E-state index in [0.717, 1.165) is 36.1 Å². The molecular formula is C20H23F2IO4. The number of carbonyl (C=O) groups is 1. The van der Waals surface area contributed by atoms with Crippen LogP contribution in [0.5, 0.6) is 11.5 Å². The number of hydrogen-bond donors (Lipinski definition) is 2. The molecule has 1 aliphatic carbocycles. The minimum Gasteiger partial charge on any atom is -0.507 e. The lowest BCUT2D eigenvalue weighted by atomic mass is 9.73. The van der Waals surface area contributed by atoms with Gasteiger partial charge < -0.3 is 14.9 Å². The molecule has 1 aromatic rings. The number of aromatic hydroxyl groups is 2. The molecule has 0 aliphatic heterocycles. The van der Waals surface area contributed by atoms with Crippen molar-refractivity contribution in [3.05, 3.63) is 47.1 Å². The van der Waals surface area contributed by atoms with Crippen molar-refractivity contribution in [2.75, 3.05) is 11.0 Å². The van der Waals surface area contributed by atoms with Gasteiger partial charge in [-0.2, -0.15) is 8.78 Å². The predicted octanol–water partition coefficient (Wildman–Crippen LogP) is 5.18. The number of hydrogen-bond acceptors (Lipinski definition) is 4. The zero-order chi connectivity index (χ0) is 20.4. The highest BCUT2D eigenvalue weighted by atomic mass is 127. The van der Waals surface area contributed by atoms with Crippen LogP contribution < -0.4 is 0 Å². The monoisotopic (exact) mass is 492 g/mol. The Morgan fingerprint density at radius 2 is 1.96 bits per heavy atom. The van der Waals surface area contributed by atoms with E-state index in [1.54, 1.807) is 0 Å². The van der Waals surface area contributed by atoms with Crippen LogP contribution in [-0.4, -0.2) is 27.2 Å². The largest absolute Gasteiger partial charge is 0.507 e. The van der Waals surface area contributed by atoms with E-state index in [-0.39, 0.29) is 24.0 Å². The molecule has 4 nitrogen and oxygen atoms in total. The van der Waals surface area contributed by atoms with E-state index >= 15 is 0 Å². The van der Waals surface area contributed by atoms with Gasteiger partial charge in [0.1, 0.15) is 18.1 Å². The number of phenols is 2. The molecular weight excluding hydrogens is 469 g/mol. The summed E-state index contributed by atoms with van der Waals surface area (Å²) in [4.78, 5) is 11.7. The van der Waals surface area contributed by atoms with E-state index in [0.29, 0.717) is 4.43 Å². The van der Waals surface area contributed by atoms with Gasteiger partial charge in [-0.15, -0.1) is 0 Å². The van der Waals surface area contributed by atoms with Gasteiger partial charge in [-0.25, -0.2) is 4.79 Å². The van der Waals surface area contributed by atoms with Crippen LogP contribution in [0.1, 0.15) is 43.7 Å². The fourth-order valence-electron chi connectivity index (χ4n) is 3.39. The van der Waals surface area contributed by atoms with Crippen molar-refractivity contribution in [2.24, 2.45) is 5.92 Å². The fourth-order valence-corrected chi connectivity index (χ4v) is 3.61. The molecule has 0 amide bonds. The van der Waals surface area contributed by atoms with Crippen LogP contribution in [0.3, 0.4) is 0 Å². The molecule has 0 bridgehead atoms. The maximum absolute atomic E-state index is 14.3. The van der Waals surface area contributed by atoms with Crippen LogP contribution in [-0.2, 0) is 15.5 Å². The van der Waals surface area contributed by atoms with E-state index < -0.39 is 29.0 Å². The van der Waals surface area contributed by atoms with E-state index in [4.69, 9.17) is 0 Å². The molecule has 7 heteroatoms. The number of benzene rings is 1. The molecule has 0 radical (unpaired) electrons. The van der Waals surface area contributed by atoms with Gasteiger partial charge in [-0.05, 0) is 44.7 Å². The van der Waals surface area contributed by atoms with Crippen molar-refractivity contribution >= 4 is 28.6 Å². The summed E-state index contributed by atoms with van der Waals surface area (Å²) in [6.07, 6.45) is 3.58. The van der Waals surface area contributed by atoms with E-state index in [1.165, 1.54) is 0 Å². The first kappa shape index (κ1) is 21.7. The molecule has 2 atom stereocenters. The molecule has 0 fully saturated rings. The van der Waals surface area contributed by atoms with Crippen LogP contribution in [0.15, 0.2) is 35.9 Å². The average Bonchev–Trinajstić information content (AvgIpc) is 2.58. The Kier molecular flexibility index (Phi) is 6.88. The molecule has 0 aromatic heterocycles. The van der Waals surface area contributed by atoms with Crippen LogP contribution >= 0.6 is 22.6 Å². The average molecular weight is 492 g/mol. The smallest absolute Gasteiger partial charge is 0.382 e. The molecule has 1 aromatic carbocycles. The van der Waals surface area contributed by atoms with Gasteiger partial charge in [0.25, 0.3) is 0 Å². The summed E-state index contributed by atoms with van der Waals surface area (Å²) in [6.45, 7) is 7.64. The van der Waals surface area contributed by atoms with Crippen LogP contribution in [0.2, 0.25) is 0 Å². The van der Waals surface area contributed by atoms with Gasteiger partial charge in [0.2, 0.25) is 0 Å². The van der Waals surface area contributed by atoms with Crippen LogP contribution in [0, 0.1) is 5.92 Å². The van der Waals surface area contributed by atoms with Crippen molar-refractivity contribution < 1.29 is 28.5 Å². The number of phenolic OH excluding ortho intramolecular Hbond substituents is 2. The standard InChI is InChI=1S/C20H23F2IO4/c1-11(2)14-5-4-12(3)8-15(14)18-16(24)9-13(10-17(18)25)20(21,22)19(26)27-7-6-23/h8-10,14-15,24-25H,1,4-7H2,2-3H3/t14-,15+/m0/s1. The Balaban J connectivity index is 2.46. The van der Waals surface area contributed by atoms with E-state index in [1.807, 2.05) is 42.5 Å². The maximum Gasteiger partial charge on any atom is 0.382 e. The number of ether oxygens (including phenoxy) is 1. The third-order valence-corrected chi connectivity index (χ3v) is 5.22. The first-order valence-corrected chi connectivity index (χ1v) is 10.1. The van der Waals surface area contributed by atoms with Gasteiger partial charge in [0, 0.05) is 21.5 Å². The van der Waals surface area contributed by atoms with Gasteiger partial charge in [0.15, 0.2) is 0 Å². The predicted molar refractivity (Wildman–Crippen MR) is 108 cm³/mol.